The first-order chi connectivity index (χ1) is 21.1. The molecule has 9 heteroatoms. The van der Waals surface area contributed by atoms with Crippen molar-refractivity contribution < 1.29 is 38.2 Å². The molecule has 44 heavy (non-hydrogen) atoms. The van der Waals surface area contributed by atoms with Crippen LogP contribution in [0.5, 0.6) is 0 Å². The second-order valence-electron chi connectivity index (χ2n) is 10.5. The van der Waals surface area contributed by atoms with Crippen molar-refractivity contribution in [1.82, 2.24) is 9.38 Å². The predicted molar refractivity (Wildman–Crippen MR) is 157 cm³/mol. The summed E-state index contributed by atoms with van der Waals surface area (Å²) in [7, 11) is -2.84. The first-order valence-electron chi connectivity index (χ1n) is 13.8. The summed E-state index contributed by atoms with van der Waals surface area (Å²) in [6.45, 7) is 4.34. The van der Waals surface area contributed by atoms with Crippen molar-refractivity contribution in [2.75, 3.05) is 0 Å². The van der Waals surface area contributed by atoms with Crippen LogP contribution in [0.3, 0.4) is 0 Å². The van der Waals surface area contributed by atoms with Crippen LogP contribution in [0, 0.1) is 24.1 Å². The van der Waals surface area contributed by atoms with Crippen LogP contribution in [0.15, 0.2) is 115 Å². The van der Waals surface area contributed by atoms with Crippen molar-refractivity contribution in [2.24, 2.45) is 7.05 Å². The van der Waals surface area contributed by atoms with Gasteiger partial charge in [0.2, 0.25) is 0 Å². The minimum absolute atomic E-state index is 0.813. The Bertz CT molecular complexity index is 2040. The van der Waals surface area contributed by atoms with Crippen molar-refractivity contribution in [3.63, 3.8) is 0 Å². The van der Waals surface area contributed by atoms with Crippen molar-refractivity contribution in [2.45, 2.75) is 13.8 Å². The second kappa shape index (κ2) is 11.7. The number of hydrogen-bond donors (Lipinski definition) is 0. The van der Waals surface area contributed by atoms with Gasteiger partial charge in [0.05, 0.1) is 7.05 Å². The van der Waals surface area contributed by atoms with Gasteiger partial charge in [-0.15, -0.1) is 10.2 Å². The molecule has 0 saturated carbocycles. The Hall–Kier alpha value is -4.83. The van der Waals surface area contributed by atoms with E-state index in [1.165, 1.54) is 11.1 Å². The van der Waals surface area contributed by atoms with Gasteiger partial charge in [-0.25, -0.2) is 23.2 Å². The van der Waals surface area contributed by atoms with Gasteiger partial charge in [0.15, 0.2) is 11.0 Å². The molecule has 6 aromatic rings. The lowest BCUT2D eigenvalue weighted by atomic mass is 10.0. The molecule has 0 fully saturated rings. The fourth-order valence-corrected chi connectivity index (χ4v) is 5.39. The van der Waals surface area contributed by atoms with Crippen LogP contribution in [0.4, 0.5) is 0 Å². The molecule has 1 aliphatic rings. The molecule has 0 atom stereocenters. The molecule has 0 bridgehead atoms. The molecule has 0 N–H and O–H groups in total. The Morgan fingerprint density at radius 3 is 1.64 bits per heavy atom. The summed E-state index contributed by atoms with van der Waals surface area (Å²) >= 11 is 0. The lowest BCUT2D eigenvalue weighted by Crippen LogP contribution is -2.68. The molecule has 0 unspecified atom stereocenters. The van der Waals surface area contributed by atoms with Gasteiger partial charge in [-0.05, 0) is 49.3 Å². The van der Waals surface area contributed by atoms with E-state index in [0.29, 0.717) is 0 Å². The van der Waals surface area contributed by atoms with E-state index < -0.39 is 10.2 Å². The van der Waals surface area contributed by atoms with Gasteiger partial charge in [-0.1, -0.05) is 96.0 Å². The number of aromatic nitrogens is 3. The summed E-state index contributed by atoms with van der Waals surface area (Å²) in [6, 6.07) is 35.6. The first kappa shape index (κ1) is 29.3. The number of hydrogen-bond acceptors (Lipinski definition) is 6. The molecule has 0 amide bonds. The average Bonchev–Trinajstić information content (AvgIpc) is 3.53. The Balaban J connectivity index is 0.000000637. The molecule has 4 aromatic carbocycles. The Morgan fingerprint density at radius 2 is 1.14 bits per heavy atom. The zero-order valence-electron chi connectivity index (χ0n) is 24.2. The predicted octanol–water partition coefficient (Wildman–Crippen LogP) is 1.82. The van der Waals surface area contributed by atoms with Crippen LogP contribution in [0.25, 0.3) is 45.2 Å². The first-order valence-corrected chi connectivity index (χ1v) is 15.1. The Labute approximate surface area is 256 Å². The molecule has 0 saturated heterocycles. The summed E-state index contributed by atoms with van der Waals surface area (Å²) in [4.78, 5) is 5.26. The van der Waals surface area contributed by atoms with E-state index in [1.807, 2.05) is 42.5 Å². The van der Waals surface area contributed by atoms with Gasteiger partial charge in [0.1, 0.15) is 22.6 Å². The summed E-state index contributed by atoms with van der Waals surface area (Å²) < 4.78 is 45.0. The molecule has 0 spiro atoms. The number of benzene rings is 4. The number of allylic oxidation sites excluding steroid dienone is 2. The summed E-state index contributed by atoms with van der Waals surface area (Å²) in [5.41, 5.74) is 9.97. The number of halogens is 1. The maximum atomic E-state index is 8.49. The van der Waals surface area contributed by atoms with Crippen LogP contribution in [0.1, 0.15) is 22.3 Å². The molecule has 2 aromatic heterocycles. The van der Waals surface area contributed by atoms with E-state index in [4.69, 9.17) is 28.4 Å². The van der Waals surface area contributed by atoms with Crippen LogP contribution in [-0.4, -0.2) is 9.38 Å². The van der Waals surface area contributed by atoms with Gasteiger partial charge in [-0.3, -0.25) is 0 Å². The molecule has 220 valence electrons. The van der Waals surface area contributed by atoms with Crippen molar-refractivity contribution in [1.29, 1.82) is 0 Å². The van der Waals surface area contributed by atoms with Crippen LogP contribution < -0.4 is 28.6 Å². The SMILES string of the molecule is Cc1cc2c(cc1C)[n+](C)c1nc(-c3ccccc3)c(=C3C=C(c4ccccc4)OC(c4ccccc4)=C3)n21.[O-][Cl+3]([O-])([O-])[O-]. The van der Waals surface area contributed by atoms with E-state index >= 15 is 0 Å². The van der Waals surface area contributed by atoms with Gasteiger partial charge in [0, 0.05) is 22.3 Å². The maximum absolute atomic E-state index is 8.49. The van der Waals surface area contributed by atoms with E-state index in [9.17, 15) is 0 Å². The van der Waals surface area contributed by atoms with Crippen molar-refractivity contribution >= 4 is 33.9 Å². The van der Waals surface area contributed by atoms with Gasteiger partial charge >= 0.3 is 5.78 Å². The van der Waals surface area contributed by atoms with Crippen molar-refractivity contribution in [3.8, 4) is 11.3 Å². The number of aryl methyl sites for hydroxylation is 3. The smallest absolute Gasteiger partial charge is 0.405 e. The minimum Gasteiger partial charge on any atom is -0.456 e. The Morgan fingerprint density at radius 1 is 0.682 bits per heavy atom. The van der Waals surface area contributed by atoms with Gasteiger partial charge in [0.25, 0.3) is 0 Å². The average molecular weight is 606 g/mol. The number of rotatable bonds is 3. The van der Waals surface area contributed by atoms with Gasteiger partial charge in [-0.2, -0.15) is 4.40 Å². The van der Waals surface area contributed by atoms with Crippen molar-refractivity contribution in [3.05, 3.63) is 143 Å². The highest BCUT2D eigenvalue weighted by Crippen LogP contribution is 2.33. The molecule has 0 aliphatic carbocycles. The number of fused-ring (bicyclic) bond motifs is 3. The normalized spacial score (nSPS) is 13.3. The fraction of sp³-hybridized carbons (Fsp3) is 0.0857. The molecule has 3 heterocycles. The quantitative estimate of drug-likeness (QED) is 0.284. The molecular formula is C35H28ClN3O5. The van der Waals surface area contributed by atoms with E-state index in [0.717, 1.165) is 61.6 Å². The summed E-state index contributed by atoms with van der Waals surface area (Å²) in [6.07, 6.45) is 4.30. The highest BCUT2D eigenvalue weighted by atomic mass is 35.7. The number of imidazole rings is 2. The maximum Gasteiger partial charge on any atom is 0.405 e. The van der Waals surface area contributed by atoms with E-state index in [-0.39, 0.29) is 0 Å². The van der Waals surface area contributed by atoms with E-state index in [1.54, 1.807) is 0 Å². The van der Waals surface area contributed by atoms with E-state index in [2.05, 4.69) is 103 Å². The molecule has 0 radical (unpaired) electrons. The van der Waals surface area contributed by atoms with Gasteiger partial charge < -0.3 is 4.74 Å². The third-order valence-corrected chi connectivity index (χ3v) is 7.58. The highest BCUT2D eigenvalue weighted by Gasteiger charge is 2.28. The third kappa shape index (κ3) is 5.85. The Kier molecular flexibility index (Phi) is 7.77. The molecule has 7 rings (SSSR count). The number of nitrogens with zero attached hydrogens (tertiary/aromatic N) is 3. The second-order valence-corrected chi connectivity index (χ2v) is 11.2. The standard InChI is InChI=1S/C35H28N3O.ClHO4/c1-23-19-29-30(20-24(23)2)38-34(33(36-35(38)37(29)3)27-17-11-6-12-18-27)28-21-31(25-13-7-4-8-14-25)39-32(22-28)26-15-9-5-10-16-26;2-1(3,4)5/h4-22H,1-3H3;(H,2,3,4,5)/q+1;/p-1. The fourth-order valence-electron chi connectivity index (χ4n) is 5.39. The zero-order chi connectivity index (χ0) is 31.0. The largest absolute Gasteiger partial charge is 0.456 e. The number of ether oxygens (including phenoxy) is 1. The molecule has 1 aliphatic heterocycles. The lowest BCUT2D eigenvalue weighted by Gasteiger charge is -2.18. The van der Waals surface area contributed by atoms with Crippen LogP contribution >= 0.6 is 0 Å². The minimum atomic E-state index is -4.94. The monoisotopic (exact) mass is 605 g/mol. The molecule has 8 nitrogen and oxygen atoms in total. The summed E-state index contributed by atoms with van der Waals surface area (Å²) in [5.74, 6) is 2.54. The summed E-state index contributed by atoms with van der Waals surface area (Å²) in [5, 5.41) is 1.05. The molecular weight excluding hydrogens is 578 g/mol. The highest BCUT2D eigenvalue weighted by molar-refractivity contribution is 5.91. The van der Waals surface area contributed by atoms with Crippen LogP contribution in [-0.2, 0) is 11.8 Å². The zero-order valence-corrected chi connectivity index (χ0v) is 25.0. The third-order valence-electron chi connectivity index (χ3n) is 7.58. The lowest BCUT2D eigenvalue weighted by molar-refractivity contribution is -2.00. The van der Waals surface area contributed by atoms with Crippen LogP contribution in [0.2, 0.25) is 0 Å². The topological polar surface area (TPSA) is 123 Å².